The number of hydrazine groups is 1. The number of rotatable bonds is 4. The molecule has 1 aromatic heterocycles. The molecule has 3 rings (SSSR count). The Bertz CT molecular complexity index is 558. The van der Waals surface area contributed by atoms with E-state index in [1.54, 1.807) is 6.20 Å². The molecule has 1 aliphatic carbocycles. The van der Waals surface area contributed by atoms with Gasteiger partial charge in [0, 0.05) is 12.2 Å². The predicted molar refractivity (Wildman–Crippen MR) is 76.6 cm³/mol. The van der Waals surface area contributed by atoms with Gasteiger partial charge in [-0.05, 0) is 41.5 Å². The third kappa shape index (κ3) is 2.63. The molecule has 3 N–H and O–H groups in total. The van der Waals surface area contributed by atoms with Crippen LogP contribution in [0.3, 0.4) is 0 Å². The van der Waals surface area contributed by atoms with Crippen molar-refractivity contribution in [1.29, 1.82) is 0 Å². The van der Waals surface area contributed by atoms with Crippen LogP contribution in [0, 0.1) is 5.92 Å². The summed E-state index contributed by atoms with van der Waals surface area (Å²) < 4.78 is 0. The summed E-state index contributed by atoms with van der Waals surface area (Å²) >= 11 is 5.94. The van der Waals surface area contributed by atoms with E-state index in [4.69, 9.17) is 17.4 Å². The van der Waals surface area contributed by atoms with E-state index in [1.165, 1.54) is 5.56 Å². The lowest BCUT2D eigenvalue weighted by Crippen LogP contribution is -2.29. The van der Waals surface area contributed by atoms with Gasteiger partial charge in [-0.3, -0.25) is 11.3 Å². The highest BCUT2D eigenvalue weighted by atomic mass is 35.5. The Labute approximate surface area is 117 Å². The third-order valence-corrected chi connectivity index (χ3v) is 3.99. The lowest BCUT2D eigenvalue weighted by Gasteiger charge is -2.16. The molecule has 0 spiro atoms. The maximum atomic E-state index is 5.94. The second kappa shape index (κ2) is 5.29. The normalized spacial score (nSPS) is 23.1. The number of nitrogens with zero attached hydrogens (tertiary/aromatic N) is 1. The van der Waals surface area contributed by atoms with Gasteiger partial charge in [-0.15, -0.1) is 0 Å². The molecule has 98 valence electrons. The monoisotopic (exact) mass is 273 g/mol. The highest BCUT2D eigenvalue weighted by Gasteiger charge is 2.44. The molecule has 0 bridgehead atoms. The Morgan fingerprint density at radius 2 is 2.05 bits per heavy atom. The second-order valence-corrected chi connectivity index (χ2v) is 5.36. The molecule has 0 aliphatic heterocycles. The first-order valence-corrected chi connectivity index (χ1v) is 6.80. The quantitative estimate of drug-likeness (QED) is 0.511. The molecule has 1 aliphatic rings. The van der Waals surface area contributed by atoms with E-state index in [2.05, 4.69) is 34.7 Å². The molecule has 4 heteroatoms. The Hall–Kier alpha value is -1.42. The Morgan fingerprint density at radius 1 is 1.26 bits per heavy atom. The fourth-order valence-corrected chi connectivity index (χ4v) is 2.93. The summed E-state index contributed by atoms with van der Waals surface area (Å²) in [7, 11) is 0. The maximum Gasteiger partial charge on any atom is 0.129 e. The van der Waals surface area contributed by atoms with E-state index in [1.807, 2.05) is 18.2 Å². The largest absolute Gasteiger partial charge is 0.271 e. The van der Waals surface area contributed by atoms with Crippen molar-refractivity contribution >= 4 is 11.6 Å². The summed E-state index contributed by atoms with van der Waals surface area (Å²) in [5, 5.41) is 0.509. The van der Waals surface area contributed by atoms with E-state index >= 15 is 0 Å². The molecular weight excluding hydrogens is 258 g/mol. The van der Waals surface area contributed by atoms with Gasteiger partial charge in [-0.25, -0.2) is 4.98 Å². The summed E-state index contributed by atoms with van der Waals surface area (Å²) in [5.74, 6) is 6.82. The van der Waals surface area contributed by atoms with Crippen LogP contribution in [-0.4, -0.2) is 4.98 Å². The van der Waals surface area contributed by atoms with E-state index in [9.17, 15) is 0 Å². The van der Waals surface area contributed by atoms with Crippen LogP contribution in [-0.2, 0) is 0 Å². The van der Waals surface area contributed by atoms with Gasteiger partial charge in [-0.1, -0.05) is 41.9 Å². The standard InChI is InChI=1S/C15H16ClN3/c16-14-8-11(6-7-18-14)15(19-17)13-9-12(13)10-4-2-1-3-5-10/h1-8,12-13,15,19H,9,17H2. The van der Waals surface area contributed by atoms with Gasteiger partial charge < -0.3 is 0 Å². The minimum atomic E-state index is 0.130. The van der Waals surface area contributed by atoms with E-state index in [-0.39, 0.29) is 6.04 Å². The second-order valence-electron chi connectivity index (χ2n) is 4.97. The lowest BCUT2D eigenvalue weighted by molar-refractivity contribution is 0.487. The third-order valence-electron chi connectivity index (χ3n) is 3.78. The fourth-order valence-electron chi connectivity index (χ4n) is 2.74. The van der Waals surface area contributed by atoms with E-state index < -0.39 is 0 Å². The van der Waals surface area contributed by atoms with Gasteiger partial charge in [0.05, 0.1) is 0 Å². The number of halogens is 1. The SMILES string of the molecule is NNC(c1ccnc(Cl)c1)C1CC1c1ccccc1. The van der Waals surface area contributed by atoms with Crippen LogP contribution in [0.5, 0.6) is 0 Å². The average Bonchev–Trinajstić information content (AvgIpc) is 3.21. The first-order chi connectivity index (χ1) is 9.29. The zero-order valence-corrected chi connectivity index (χ0v) is 11.2. The van der Waals surface area contributed by atoms with Gasteiger partial charge >= 0.3 is 0 Å². The zero-order chi connectivity index (χ0) is 13.2. The number of hydrogen-bond donors (Lipinski definition) is 2. The van der Waals surface area contributed by atoms with Gasteiger partial charge in [-0.2, -0.15) is 0 Å². The Morgan fingerprint density at radius 3 is 2.74 bits per heavy atom. The van der Waals surface area contributed by atoms with Crippen molar-refractivity contribution in [3.05, 3.63) is 64.9 Å². The van der Waals surface area contributed by atoms with Crippen LogP contribution in [0.2, 0.25) is 5.15 Å². The van der Waals surface area contributed by atoms with Crippen LogP contribution in [0.1, 0.15) is 29.5 Å². The lowest BCUT2D eigenvalue weighted by atomic mass is 10.0. The molecule has 3 unspecified atom stereocenters. The summed E-state index contributed by atoms with van der Waals surface area (Å²) in [6, 6.07) is 14.5. The molecule has 0 radical (unpaired) electrons. The van der Waals surface area contributed by atoms with Crippen molar-refractivity contribution in [2.24, 2.45) is 11.8 Å². The number of benzene rings is 1. The molecule has 19 heavy (non-hydrogen) atoms. The Kier molecular flexibility index (Phi) is 3.51. The molecule has 3 nitrogen and oxygen atoms in total. The summed E-state index contributed by atoms with van der Waals surface area (Å²) in [5.41, 5.74) is 5.41. The minimum absolute atomic E-state index is 0.130. The predicted octanol–water partition coefficient (Wildman–Crippen LogP) is 3.04. The molecule has 2 aromatic rings. The molecule has 1 heterocycles. The van der Waals surface area contributed by atoms with Crippen LogP contribution < -0.4 is 11.3 Å². The van der Waals surface area contributed by atoms with Crippen molar-refractivity contribution in [2.45, 2.75) is 18.4 Å². The number of hydrogen-bond acceptors (Lipinski definition) is 3. The molecular formula is C15H16ClN3. The van der Waals surface area contributed by atoms with Crippen molar-refractivity contribution in [2.75, 3.05) is 0 Å². The molecule has 1 fully saturated rings. The van der Waals surface area contributed by atoms with Crippen LogP contribution in [0.15, 0.2) is 48.7 Å². The molecule has 0 amide bonds. The fraction of sp³-hybridized carbons (Fsp3) is 0.267. The van der Waals surface area contributed by atoms with Crippen LogP contribution in [0.4, 0.5) is 0 Å². The average molecular weight is 274 g/mol. The van der Waals surface area contributed by atoms with Gasteiger partial charge in [0.25, 0.3) is 0 Å². The smallest absolute Gasteiger partial charge is 0.129 e. The number of nitrogens with one attached hydrogen (secondary N) is 1. The van der Waals surface area contributed by atoms with Crippen LogP contribution >= 0.6 is 11.6 Å². The molecule has 3 atom stereocenters. The summed E-state index contributed by atoms with van der Waals surface area (Å²) in [4.78, 5) is 4.01. The van der Waals surface area contributed by atoms with Crippen molar-refractivity contribution in [1.82, 2.24) is 10.4 Å². The molecule has 1 saturated carbocycles. The summed E-state index contributed by atoms with van der Waals surface area (Å²) in [6.07, 6.45) is 2.88. The number of pyridine rings is 1. The molecule has 0 saturated heterocycles. The maximum absolute atomic E-state index is 5.94. The zero-order valence-electron chi connectivity index (χ0n) is 10.5. The first kappa shape index (κ1) is 12.6. The van der Waals surface area contributed by atoms with Gasteiger partial charge in [0.2, 0.25) is 0 Å². The highest BCUT2D eigenvalue weighted by molar-refractivity contribution is 6.29. The minimum Gasteiger partial charge on any atom is -0.271 e. The number of nitrogens with two attached hydrogens (primary N) is 1. The van der Waals surface area contributed by atoms with Gasteiger partial charge in [0.1, 0.15) is 5.15 Å². The van der Waals surface area contributed by atoms with Gasteiger partial charge in [0.15, 0.2) is 0 Å². The summed E-state index contributed by atoms with van der Waals surface area (Å²) in [6.45, 7) is 0. The topological polar surface area (TPSA) is 50.9 Å². The first-order valence-electron chi connectivity index (χ1n) is 6.42. The van der Waals surface area contributed by atoms with E-state index in [0.29, 0.717) is 17.0 Å². The Balaban J connectivity index is 1.79. The molecule has 1 aromatic carbocycles. The highest BCUT2D eigenvalue weighted by Crippen LogP contribution is 2.53. The van der Waals surface area contributed by atoms with E-state index in [0.717, 1.165) is 12.0 Å². The van der Waals surface area contributed by atoms with Crippen molar-refractivity contribution in [3.63, 3.8) is 0 Å². The number of aromatic nitrogens is 1. The van der Waals surface area contributed by atoms with Crippen LogP contribution in [0.25, 0.3) is 0 Å². The van der Waals surface area contributed by atoms with Crippen molar-refractivity contribution in [3.8, 4) is 0 Å². The van der Waals surface area contributed by atoms with Crippen molar-refractivity contribution < 1.29 is 0 Å².